The molecule has 0 spiro atoms. The molecule has 0 atom stereocenters. The van der Waals surface area contributed by atoms with Crippen molar-refractivity contribution in [3.05, 3.63) is 52.5 Å². The largest absolute Gasteiger partial charge is 0.476 e. The lowest BCUT2D eigenvalue weighted by Crippen LogP contribution is -2.23. The molecule has 0 bridgehead atoms. The molecule has 0 aliphatic rings. The van der Waals surface area contributed by atoms with Crippen molar-refractivity contribution >= 4 is 5.97 Å². The van der Waals surface area contributed by atoms with Crippen molar-refractivity contribution in [1.82, 2.24) is 14.8 Å². The first-order valence-electron chi connectivity index (χ1n) is 4.54. The molecule has 0 amide bonds. The Morgan fingerprint density at radius 2 is 2.12 bits per heavy atom. The Bertz CT molecular complexity index is 639. The van der Waals surface area contributed by atoms with Gasteiger partial charge in [-0.3, -0.25) is 4.79 Å². The second kappa shape index (κ2) is 4.12. The van der Waals surface area contributed by atoms with Gasteiger partial charge in [-0.2, -0.15) is 14.2 Å². The molecule has 0 fully saturated rings. The molecule has 0 aliphatic carbocycles. The number of nitrogens with zero attached hydrogens (tertiary/aromatic N) is 3. The molecule has 2 rings (SSSR count). The van der Waals surface area contributed by atoms with E-state index in [1.807, 2.05) is 0 Å². The molecular formula is C10H6FN3O3. The molecule has 86 valence electrons. The summed E-state index contributed by atoms with van der Waals surface area (Å²) in [7, 11) is 0. The number of aromatic carboxylic acids is 1. The molecule has 6 nitrogen and oxygen atoms in total. The fraction of sp³-hybridized carbons (Fsp3) is 0. The van der Waals surface area contributed by atoms with E-state index in [4.69, 9.17) is 5.11 Å². The van der Waals surface area contributed by atoms with Gasteiger partial charge in [-0.1, -0.05) is 0 Å². The average molecular weight is 235 g/mol. The molecule has 1 N–H and O–H groups in total. The maximum atomic E-state index is 13.3. The zero-order chi connectivity index (χ0) is 12.4. The van der Waals surface area contributed by atoms with Crippen molar-refractivity contribution in [2.24, 2.45) is 0 Å². The predicted octanol–water partition coefficient (Wildman–Crippen LogP) is 0.465. The van der Waals surface area contributed by atoms with Gasteiger partial charge in [0.25, 0.3) is 5.56 Å². The zero-order valence-electron chi connectivity index (χ0n) is 8.37. The molecule has 0 unspecified atom stereocenters. The number of pyridine rings is 1. The Hall–Kier alpha value is -2.57. The summed E-state index contributed by atoms with van der Waals surface area (Å²) >= 11 is 0. The molecule has 7 heteroatoms. The molecule has 0 aliphatic heterocycles. The van der Waals surface area contributed by atoms with E-state index < -0.39 is 17.5 Å². The van der Waals surface area contributed by atoms with E-state index in [1.54, 1.807) is 0 Å². The van der Waals surface area contributed by atoms with E-state index >= 15 is 0 Å². The zero-order valence-corrected chi connectivity index (χ0v) is 8.37. The standard InChI is InChI=1S/C10H6FN3O3/c11-9-7(2-1-5-12-9)14-8(15)4-3-6(13-14)10(16)17/h1-5H,(H,16,17). The van der Waals surface area contributed by atoms with Gasteiger partial charge in [0.2, 0.25) is 5.95 Å². The Morgan fingerprint density at radius 1 is 1.35 bits per heavy atom. The highest BCUT2D eigenvalue weighted by Crippen LogP contribution is 2.06. The predicted molar refractivity (Wildman–Crippen MR) is 54.5 cm³/mol. The lowest BCUT2D eigenvalue weighted by Gasteiger charge is -2.04. The average Bonchev–Trinajstić information content (AvgIpc) is 2.30. The lowest BCUT2D eigenvalue weighted by atomic mass is 10.3. The van der Waals surface area contributed by atoms with Crippen LogP contribution in [0.4, 0.5) is 4.39 Å². The summed E-state index contributed by atoms with van der Waals surface area (Å²) in [5, 5.41) is 12.3. The summed E-state index contributed by atoms with van der Waals surface area (Å²) in [5.41, 5.74) is -1.18. The first kappa shape index (κ1) is 10.9. The highest BCUT2D eigenvalue weighted by molar-refractivity contribution is 5.84. The van der Waals surface area contributed by atoms with Crippen LogP contribution >= 0.6 is 0 Å². The number of carboxylic acid groups (broad SMARTS) is 1. The number of aromatic nitrogens is 3. The molecule has 17 heavy (non-hydrogen) atoms. The van der Waals surface area contributed by atoms with Crippen LogP contribution in [0.1, 0.15) is 10.5 Å². The molecule has 0 radical (unpaired) electrons. The first-order valence-corrected chi connectivity index (χ1v) is 4.54. The SMILES string of the molecule is O=C(O)c1ccc(=O)n(-c2cccnc2F)n1. The van der Waals surface area contributed by atoms with Crippen molar-refractivity contribution in [2.75, 3.05) is 0 Å². The van der Waals surface area contributed by atoms with Gasteiger partial charge >= 0.3 is 5.97 Å². The van der Waals surface area contributed by atoms with Crippen LogP contribution in [0.25, 0.3) is 5.69 Å². The third-order valence-corrected chi connectivity index (χ3v) is 1.99. The van der Waals surface area contributed by atoms with Crippen molar-refractivity contribution < 1.29 is 14.3 Å². The highest BCUT2D eigenvalue weighted by atomic mass is 19.1. The van der Waals surface area contributed by atoms with Crippen molar-refractivity contribution in [3.8, 4) is 5.69 Å². The third kappa shape index (κ3) is 2.03. The summed E-state index contributed by atoms with van der Waals surface area (Å²) in [6, 6.07) is 4.75. The molecule has 2 aromatic rings. The van der Waals surface area contributed by atoms with Crippen LogP contribution in [0, 0.1) is 5.95 Å². The monoisotopic (exact) mass is 235 g/mol. The fourth-order valence-electron chi connectivity index (χ4n) is 1.23. The van der Waals surface area contributed by atoms with Crippen LogP contribution in [0.15, 0.2) is 35.3 Å². The smallest absolute Gasteiger partial charge is 0.356 e. The van der Waals surface area contributed by atoms with Crippen LogP contribution in [0.2, 0.25) is 0 Å². The van der Waals surface area contributed by atoms with Gasteiger partial charge in [0.05, 0.1) is 0 Å². The number of hydrogen-bond donors (Lipinski definition) is 1. The van der Waals surface area contributed by atoms with Crippen molar-refractivity contribution in [2.45, 2.75) is 0 Å². The number of rotatable bonds is 2. The Morgan fingerprint density at radius 3 is 2.76 bits per heavy atom. The van der Waals surface area contributed by atoms with Gasteiger partial charge in [0.15, 0.2) is 5.69 Å². The number of halogens is 1. The van der Waals surface area contributed by atoms with E-state index in [-0.39, 0.29) is 11.4 Å². The maximum Gasteiger partial charge on any atom is 0.356 e. The minimum atomic E-state index is -1.30. The van der Waals surface area contributed by atoms with Crippen LogP contribution < -0.4 is 5.56 Å². The van der Waals surface area contributed by atoms with Gasteiger partial charge in [-0.15, -0.1) is 0 Å². The second-order valence-electron chi connectivity index (χ2n) is 3.09. The van der Waals surface area contributed by atoms with E-state index in [2.05, 4.69) is 10.1 Å². The van der Waals surface area contributed by atoms with Crippen molar-refractivity contribution in [3.63, 3.8) is 0 Å². The summed E-state index contributed by atoms with van der Waals surface area (Å²) in [6.45, 7) is 0. The second-order valence-corrected chi connectivity index (χ2v) is 3.09. The van der Waals surface area contributed by atoms with E-state index in [1.165, 1.54) is 18.3 Å². The topological polar surface area (TPSA) is 85.1 Å². The minimum Gasteiger partial charge on any atom is -0.476 e. The number of carbonyl (C=O) groups is 1. The maximum absolute atomic E-state index is 13.3. The fourth-order valence-corrected chi connectivity index (χ4v) is 1.23. The number of carboxylic acids is 1. The Labute approximate surface area is 94.0 Å². The summed E-state index contributed by atoms with van der Waals surface area (Å²) < 4.78 is 14.0. The normalized spacial score (nSPS) is 10.2. The molecule has 0 aromatic carbocycles. The summed E-state index contributed by atoms with van der Waals surface area (Å²) in [4.78, 5) is 25.5. The third-order valence-electron chi connectivity index (χ3n) is 1.99. The van der Waals surface area contributed by atoms with Gasteiger partial charge in [-0.25, -0.2) is 9.78 Å². The van der Waals surface area contributed by atoms with Crippen LogP contribution in [0.5, 0.6) is 0 Å². The Balaban J connectivity index is 2.67. The van der Waals surface area contributed by atoms with E-state index in [0.29, 0.717) is 4.68 Å². The van der Waals surface area contributed by atoms with Gasteiger partial charge in [-0.05, 0) is 18.2 Å². The Kier molecular flexibility index (Phi) is 2.65. The molecule has 0 saturated heterocycles. The van der Waals surface area contributed by atoms with Gasteiger partial charge < -0.3 is 5.11 Å². The van der Waals surface area contributed by atoms with E-state index in [0.717, 1.165) is 12.1 Å². The number of hydrogen-bond acceptors (Lipinski definition) is 4. The summed E-state index contributed by atoms with van der Waals surface area (Å²) in [5.74, 6) is -2.20. The lowest BCUT2D eigenvalue weighted by molar-refractivity contribution is 0.0688. The molecular weight excluding hydrogens is 229 g/mol. The minimum absolute atomic E-state index is 0.194. The highest BCUT2D eigenvalue weighted by Gasteiger charge is 2.11. The van der Waals surface area contributed by atoms with Crippen LogP contribution in [-0.2, 0) is 0 Å². The van der Waals surface area contributed by atoms with E-state index in [9.17, 15) is 14.0 Å². The van der Waals surface area contributed by atoms with Gasteiger partial charge in [0.1, 0.15) is 5.69 Å². The van der Waals surface area contributed by atoms with Crippen LogP contribution in [0.3, 0.4) is 0 Å². The van der Waals surface area contributed by atoms with Crippen molar-refractivity contribution in [1.29, 1.82) is 0 Å². The van der Waals surface area contributed by atoms with Gasteiger partial charge in [0, 0.05) is 12.3 Å². The van der Waals surface area contributed by atoms with Crippen LogP contribution in [-0.4, -0.2) is 25.8 Å². The molecule has 2 aromatic heterocycles. The summed E-state index contributed by atoms with van der Waals surface area (Å²) in [6.07, 6.45) is 1.21. The molecule has 2 heterocycles. The quantitative estimate of drug-likeness (QED) is 0.764. The first-order chi connectivity index (χ1) is 8.09. The molecule has 0 saturated carbocycles.